The highest BCUT2D eigenvalue weighted by atomic mass is 16.5. The van der Waals surface area contributed by atoms with E-state index in [2.05, 4.69) is 16.0 Å². The number of hydrogen-bond donors (Lipinski definition) is 1. The molecule has 0 aliphatic carbocycles. The quantitative estimate of drug-likeness (QED) is 0.862. The van der Waals surface area contributed by atoms with Gasteiger partial charge < -0.3 is 10.5 Å². The predicted molar refractivity (Wildman–Crippen MR) is 72.5 cm³/mol. The highest BCUT2D eigenvalue weighted by molar-refractivity contribution is 5.15. The maximum atomic E-state index is 5.65. The lowest BCUT2D eigenvalue weighted by Crippen LogP contribution is -2.35. The molecule has 2 rings (SSSR count). The third-order valence-corrected chi connectivity index (χ3v) is 3.55. The summed E-state index contributed by atoms with van der Waals surface area (Å²) in [7, 11) is 1.66. The Labute approximate surface area is 109 Å². The maximum Gasteiger partial charge on any atom is 0.213 e. The fourth-order valence-corrected chi connectivity index (χ4v) is 2.65. The van der Waals surface area contributed by atoms with Gasteiger partial charge in [-0.05, 0) is 44.3 Å². The van der Waals surface area contributed by atoms with E-state index in [1.165, 1.54) is 19.4 Å². The largest absolute Gasteiger partial charge is 0.481 e. The molecule has 1 aliphatic rings. The normalized spacial score (nSPS) is 20.9. The van der Waals surface area contributed by atoms with Crippen molar-refractivity contribution in [1.29, 1.82) is 0 Å². The molecule has 0 saturated carbocycles. The smallest absolute Gasteiger partial charge is 0.213 e. The lowest BCUT2D eigenvalue weighted by Gasteiger charge is -2.32. The van der Waals surface area contributed by atoms with E-state index < -0.39 is 0 Å². The summed E-state index contributed by atoms with van der Waals surface area (Å²) >= 11 is 0. The summed E-state index contributed by atoms with van der Waals surface area (Å²) in [5.74, 6) is 1.46. The Morgan fingerprint density at radius 3 is 3.17 bits per heavy atom. The van der Waals surface area contributed by atoms with Crippen molar-refractivity contribution >= 4 is 0 Å². The second-order valence-electron chi connectivity index (χ2n) is 4.99. The zero-order chi connectivity index (χ0) is 12.8. The maximum absolute atomic E-state index is 5.65. The summed E-state index contributed by atoms with van der Waals surface area (Å²) in [4.78, 5) is 6.95. The van der Waals surface area contributed by atoms with Crippen LogP contribution in [-0.4, -0.2) is 36.6 Å². The van der Waals surface area contributed by atoms with Crippen molar-refractivity contribution in [3.8, 4) is 5.88 Å². The van der Waals surface area contributed by atoms with E-state index in [0.29, 0.717) is 5.88 Å². The molecule has 0 spiro atoms. The number of methoxy groups -OCH3 is 1. The molecular weight excluding hydrogens is 226 g/mol. The zero-order valence-electron chi connectivity index (χ0n) is 11.1. The van der Waals surface area contributed by atoms with E-state index in [-0.39, 0.29) is 0 Å². The summed E-state index contributed by atoms with van der Waals surface area (Å²) in [5.41, 5.74) is 6.73. The van der Waals surface area contributed by atoms with Gasteiger partial charge in [-0.2, -0.15) is 0 Å². The number of nitrogens with two attached hydrogens (primary N) is 1. The lowest BCUT2D eigenvalue weighted by atomic mass is 9.95. The molecule has 2 N–H and O–H groups in total. The first-order valence-corrected chi connectivity index (χ1v) is 6.74. The molecule has 0 radical (unpaired) electrons. The second kappa shape index (κ2) is 6.71. The first-order valence-electron chi connectivity index (χ1n) is 6.74. The SMILES string of the molecule is COc1cccc(CN2CCCC(CCN)C2)n1. The van der Waals surface area contributed by atoms with Gasteiger partial charge in [0, 0.05) is 19.2 Å². The molecule has 1 fully saturated rings. The fourth-order valence-electron chi connectivity index (χ4n) is 2.65. The minimum atomic E-state index is 0.697. The van der Waals surface area contributed by atoms with Crippen LogP contribution < -0.4 is 10.5 Å². The molecule has 1 atom stereocenters. The molecule has 2 heterocycles. The number of hydrogen-bond acceptors (Lipinski definition) is 4. The molecule has 4 nitrogen and oxygen atoms in total. The monoisotopic (exact) mass is 249 g/mol. The van der Waals surface area contributed by atoms with Crippen molar-refractivity contribution in [2.24, 2.45) is 11.7 Å². The van der Waals surface area contributed by atoms with Gasteiger partial charge in [-0.1, -0.05) is 6.07 Å². The van der Waals surface area contributed by atoms with Crippen LogP contribution in [-0.2, 0) is 6.54 Å². The molecule has 1 aliphatic heterocycles. The van der Waals surface area contributed by atoms with E-state index in [9.17, 15) is 0 Å². The average molecular weight is 249 g/mol. The van der Waals surface area contributed by atoms with Crippen molar-refractivity contribution in [3.63, 3.8) is 0 Å². The second-order valence-corrected chi connectivity index (χ2v) is 4.99. The first-order chi connectivity index (χ1) is 8.81. The average Bonchev–Trinajstić information content (AvgIpc) is 2.40. The summed E-state index contributed by atoms with van der Waals surface area (Å²) in [6.07, 6.45) is 3.73. The Kier molecular flexibility index (Phi) is 4.96. The van der Waals surface area contributed by atoms with Crippen LogP contribution in [0.3, 0.4) is 0 Å². The van der Waals surface area contributed by atoms with Crippen molar-refractivity contribution in [2.75, 3.05) is 26.7 Å². The Hall–Kier alpha value is -1.13. The van der Waals surface area contributed by atoms with Crippen molar-refractivity contribution < 1.29 is 4.74 Å². The van der Waals surface area contributed by atoms with Gasteiger partial charge in [-0.3, -0.25) is 4.90 Å². The van der Waals surface area contributed by atoms with Crippen LogP contribution in [0.25, 0.3) is 0 Å². The van der Waals surface area contributed by atoms with E-state index in [1.807, 2.05) is 12.1 Å². The third kappa shape index (κ3) is 3.68. The van der Waals surface area contributed by atoms with Gasteiger partial charge in [0.25, 0.3) is 0 Å². The van der Waals surface area contributed by atoms with Gasteiger partial charge in [0.2, 0.25) is 5.88 Å². The van der Waals surface area contributed by atoms with E-state index in [1.54, 1.807) is 7.11 Å². The standard InChI is InChI=1S/C14H23N3O/c1-18-14-6-2-5-13(16-14)11-17-9-3-4-12(10-17)7-8-15/h2,5-6,12H,3-4,7-11,15H2,1H3. The van der Waals surface area contributed by atoms with E-state index in [0.717, 1.165) is 37.7 Å². The number of piperidine rings is 1. The van der Waals surface area contributed by atoms with Crippen LogP contribution in [0.2, 0.25) is 0 Å². The van der Waals surface area contributed by atoms with Gasteiger partial charge in [0.15, 0.2) is 0 Å². The van der Waals surface area contributed by atoms with Gasteiger partial charge in [-0.25, -0.2) is 4.98 Å². The molecule has 1 saturated heterocycles. The predicted octanol–water partition coefficient (Wildman–Crippen LogP) is 1.65. The number of ether oxygens (including phenoxy) is 1. The minimum absolute atomic E-state index is 0.697. The van der Waals surface area contributed by atoms with E-state index >= 15 is 0 Å². The molecule has 1 unspecified atom stereocenters. The Morgan fingerprint density at radius 1 is 1.50 bits per heavy atom. The molecule has 0 aromatic carbocycles. The highest BCUT2D eigenvalue weighted by Gasteiger charge is 2.19. The lowest BCUT2D eigenvalue weighted by molar-refractivity contribution is 0.161. The van der Waals surface area contributed by atoms with Crippen LogP contribution in [0, 0.1) is 5.92 Å². The number of likely N-dealkylation sites (tertiary alicyclic amines) is 1. The Bertz CT molecular complexity index is 368. The molecule has 1 aromatic rings. The van der Waals surface area contributed by atoms with Crippen LogP contribution >= 0.6 is 0 Å². The van der Waals surface area contributed by atoms with Gasteiger partial charge >= 0.3 is 0 Å². The highest BCUT2D eigenvalue weighted by Crippen LogP contribution is 2.20. The molecule has 0 amide bonds. The van der Waals surface area contributed by atoms with Crippen LogP contribution in [0.4, 0.5) is 0 Å². The van der Waals surface area contributed by atoms with Gasteiger partial charge in [0.05, 0.1) is 12.8 Å². The first kappa shape index (κ1) is 13.3. The van der Waals surface area contributed by atoms with Crippen molar-refractivity contribution in [3.05, 3.63) is 23.9 Å². The van der Waals surface area contributed by atoms with E-state index in [4.69, 9.17) is 10.5 Å². The molecule has 0 bridgehead atoms. The summed E-state index contributed by atoms with van der Waals surface area (Å²) < 4.78 is 5.16. The van der Waals surface area contributed by atoms with Gasteiger partial charge in [0.1, 0.15) is 0 Å². The minimum Gasteiger partial charge on any atom is -0.481 e. The van der Waals surface area contributed by atoms with Gasteiger partial charge in [-0.15, -0.1) is 0 Å². The van der Waals surface area contributed by atoms with Crippen LogP contribution in [0.15, 0.2) is 18.2 Å². The number of rotatable bonds is 5. The molecule has 100 valence electrons. The van der Waals surface area contributed by atoms with Crippen LogP contribution in [0.1, 0.15) is 25.0 Å². The topological polar surface area (TPSA) is 51.4 Å². The molecule has 1 aromatic heterocycles. The number of pyridine rings is 1. The van der Waals surface area contributed by atoms with Crippen LogP contribution in [0.5, 0.6) is 5.88 Å². The third-order valence-electron chi connectivity index (χ3n) is 3.55. The Balaban J connectivity index is 1.91. The summed E-state index contributed by atoms with van der Waals surface area (Å²) in [6, 6.07) is 5.95. The molecular formula is C14H23N3O. The Morgan fingerprint density at radius 2 is 2.39 bits per heavy atom. The number of aromatic nitrogens is 1. The molecule has 4 heteroatoms. The van der Waals surface area contributed by atoms with Crippen molar-refractivity contribution in [1.82, 2.24) is 9.88 Å². The number of nitrogens with zero attached hydrogens (tertiary/aromatic N) is 2. The zero-order valence-corrected chi connectivity index (χ0v) is 11.1. The molecule has 18 heavy (non-hydrogen) atoms. The summed E-state index contributed by atoms with van der Waals surface area (Å²) in [5, 5.41) is 0. The van der Waals surface area contributed by atoms with Crippen molar-refractivity contribution in [2.45, 2.75) is 25.8 Å². The fraction of sp³-hybridized carbons (Fsp3) is 0.643. The summed E-state index contributed by atoms with van der Waals surface area (Å²) in [6.45, 7) is 4.03.